The van der Waals surface area contributed by atoms with Gasteiger partial charge in [0.1, 0.15) is 0 Å². The van der Waals surface area contributed by atoms with Gasteiger partial charge in [-0.25, -0.2) is 0 Å². The van der Waals surface area contributed by atoms with E-state index >= 15 is 0 Å². The van der Waals surface area contributed by atoms with Crippen LogP contribution in [0.15, 0.2) is 0 Å². The van der Waals surface area contributed by atoms with E-state index in [0.29, 0.717) is 0 Å². The second-order valence-electron chi connectivity index (χ2n) is 4.47. The van der Waals surface area contributed by atoms with Crippen LogP contribution in [-0.4, -0.2) is 43.2 Å². The molecule has 1 heterocycles. The molecule has 0 aromatic heterocycles. The van der Waals surface area contributed by atoms with E-state index in [9.17, 15) is 4.79 Å². The first kappa shape index (κ1) is 13.4. The zero-order valence-corrected chi connectivity index (χ0v) is 9.62. The Bertz CT molecular complexity index is 166. The molecule has 1 amide bonds. The lowest BCUT2D eigenvalue weighted by Crippen LogP contribution is -2.25. The molecule has 1 fully saturated rings. The molecule has 1 atom stereocenters. The van der Waals surface area contributed by atoms with Gasteiger partial charge < -0.3 is 15.4 Å². The highest BCUT2D eigenvalue weighted by molar-refractivity contribution is 5.47. The van der Waals surface area contributed by atoms with Crippen LogP contribution in [0, 0.1) is 0 Å². The molecule has 1 aliphatic rings. The minimum absolute atomic E-state index is 0.0417. The van der Waals surface area contributed by atoms with E-state index in [1.165, 1.54) is 0 Å². The van der Waals surface area contributed by atoms with Gasteiger partial charge in [0, 0.05) is 26.2 Å². The molecule has 1 rings (SSSR count). The lowest BCUT2D eigenvalue weighted by Gasteiger charge is -2.14. The molecule has 4 heteroatoms. The standard InChI is InChI=1S/C5H10N2O.C5H12O/c6-5-1-2-7(3-5)4-8;1-5(2,3)6-4/h4-5H,1-3,6H2;1-4H3. The molecule has 2 N–H and O–H groups in total. The number of nitrogens with zero attached hydrogens (tertiary/aromatic N) is 1. The van der Waals surface area contributed by atoms with E-state index in [1.54, 1.807) is 12.0 Å². The molecule has 0 bridgehead atoms. The van der Waals surface area contributed by atoms with Gasteiger partial charge in [-0.2, -0.15) is 0 Å². The van der Waals surface area contributed by atoms with Crippen molar-refractivity contribution in [1.82, 2.24) is 4.90 Å². The fraction of sp³-hybridized carbons (Fsp3) is 0.900. The molecular weight excluding hydrogens is 180 g/mol. The van der Waals surface area contributed by atoms with Crippen molar-refractivity contribution in [2.75, 3.05) is 20.2 Å². The van der Waals surface area contributed by atoms with E-state index in [0.717, 1.165) is 25.9 Å². The first-order valence-electron chi connectivity index (χ1n) is 4.89. The largest absolute Gasteiger partial charge is 0.379 e. The third-order valence-corrected chi connectivity index (χ3v) is 2.02. The third-order valence-electron chi connectivity index (χ3n) is 2.02. The first-order chi connectivity index (χ1) is 6.39. The zero-order valence-electron chi connectivity index (χ0n) is 9.62. The van der Waals surface area contributed by atoms with Gasteiger partial charge in [-0.3, -0.25) is 4.79 Å². The van der Waals surface area contributed by atoms with E-state index in [2.05, 4.69) is 0 Å². The summed E-state index contributed by atoms with van der Waals surface area (Å²) in [4.78, 5) is 11.7. The van der Waals surface area contributed by atoms with Crippen molar-refractivity contribution in [3.63, 3.8) is 0 Å². The van der Waals surface area contributed by atoms with Crippen LogP contribution in [0.3, 0.4) is 0 Å². The summed E-state index contributed by atoms with van der Waals surface area (Å²) in [5.74, 6) is 0. The van der Waals surface area contributed by atoms with Crippen molar-refractivity contribution in [2.24, 2.45) is 5.73 Å². The highest BCUT2D eigenvalue weighted by Crippen LogP contribution is 2.02. The Balaban J connectivity index is 0.000000255. The Kier molecular flexibility index (Phi) is 5.72. The highest BCUT2D eigenvalue weighted by atomic mass is 16.5. The van der Waals surface area contributed by atoms with Crippen molar-refractivity contribution < 1.29 is 9.53 Å². The maximum atomic E-state index is 10.0. The summed E-state index contributed by atoms with van der Waals surface area (Å²) in [6, 6.07) is 0.222. The van der Waals surface area contributed by atoms with Crippen LogP contribution >= 0.6 is 0 Å². The van der Waals surface area contributed by atoms with Gasteiger partial charge in [-0.05, 0) is 27.2 Å². The Hall–Kier alpha value is -0.610. The Morgan fingerprint density at radius 1 is 1.50 bits per heavy atom. The van der Waals surface area contributed by atoms with Crippen molar-refractivity contribution in [3.8, 4) is 0 Å². The molecule has 0 saturated carbocycles. The number of ether oxygens (including phenoxy) is 1. The topological polar surface area (TPSA) is 55.6 Å². The molecule has 0 radical (unpaired) electrons. The summed E-state index contributed by atoms with van der Waals surface area (Å²) in [6.07, 6.45) is 1.81. The average molecular weight is 202 g/mol. The molecule has 1 unspecified atom stereocenters. The molecule has 14 heavy (non-hydrogen) atoms. The van der Waals surface area contributed by atoms with Crippen LogP contribution in [0.2, 0.25) is 0 Å². The number of hydrogen-bond donors (Lipinski definition) is 1. The van der Waals surface area contributed by atoms with Gasteiger partial charge in [-0.15, -0.1) is 0 Å². The van der Waals surface area contributed by atoms with Crippen LogP contribution in [0.5, 0.6) is 0 Å². The fourth-order valence-electron chi connectivity index (χ4n) is 0.911. The zero-order chi connectivity index (χ0) is 11.2. The maximum absolute atomic E-state index is 10.0. The van der Waals surface area contributed by atoms with Gasteiger partial charge in [0.2, 0.25) is 6.41 Å². The number of hydrogen-bond acceptors (Lipinski definition) is 3. The third kappa shape index (κ3) is 6.86. The molecule has 0 aromatic rings. The molecule has 1 saturated heterocycles. The van der Waals surface area contributed by atoms with Crippen LogP contribution in [0.1, 0.15) is 27.2 Å². The minimum Gasteiger partial charge on any atom is -0.379 e. The molecule has 84 valence electrons. The number of nitrogens with two attached hydrogens (primary N) is 1. The summed E-state index contributed by atoms with van der Waals surface area (Å²) in [7, 11) is 1.71. The number of likely N-dealkylation sites (tertiary alicyclic amines) is 1. The van der Waals surface area contributed by atoms with Crippen LogP contribution in [0.25, 0.3) is 0 Å². The highest BCUT2D eigenvalue weighted by Gasteiger charge is 2.15. The fourth-order valence-corrected chi connectivity index (χ4v) is 0.911. The van der Waals surface area contributed by atoms with E-state index < -0.39 is 0 Å². The van der Waals surface area contributed by atoms with E-state index in [1.807, 2.05) is 20.8 Å². The molecule has 0 aromatic carbocycles. The lowest BCUT2D eigenvalue weighted by molar-refractivity contribution is -0.117. The normalized spacial score (nSPS) is 21.5. The summed E-state index contributed by atoms with van der Waals surface area (Å²) >= 11 is 0. The van der Waals surface area contributed by atoms with Gasteiger partial charge in [-0.1, -0.05) is 0 Å². The molecule has 0 aliphatic carbocycles. The Morgan fingerprint density at radius 3 is 2.14 bits per heavy atom. The van der Waals surface area contributed by atoms with E-state index in [-0.39, 0.29) is 11.6 Å². The van der Waals surface area contributed by atoms with Crippen molar-refractivity contribution in [1.29, 1.82) is 0 Å². The second kappa shape index (κ2) is 5.98. The van der Waals surface area contributed by atoms with Gasteiger partial charge in [0.15, 0.2) is 0 Å². The van der Waals surface area contributed by atoms with Gasteiger partial charge in [0.25, 0.3) is 0 Å². The predicted molar refractivity (Wildman–Crippen MR) is 57.0 cm³/mol. The predicted octanol–water partition coefficient (Wildman–Crippen LogP) is 0.607. The minimum atomic E-state index is 0.0417. The molecule has 0 spiro atoms. The monoisotopic (exact) mass is 202 g/mol. The first-order valence-corrected chi connectivity index (χ1v) is 4.89. The Labute approximate surface area is 86.4 Å². The van der Waals surface area contributed by atoms with Crippen molar-refractivity contribution in [3.05, 3.63) is 0 Å². The second-order valence-corrected chi connectivity index (χ2v) is 4.47. The number of carbonyl (C=O) groups is 1. The number of rotatable bonds is 1. The smallest absolute Gasteiger partial charge is 0.209 e. The SMILES string of the molecule is COC(C)(C)C.NC1CCN(C=O)C1. The van der Waals surface area contributed by atoms with Gasteiger partial charge >= 0.3 is 0 Å². The van der Waals surface area contributed by atoms with E-state index in [4.69, 9.17) is 10.5 Å². The Morgan fingerprint density at radius 2 is 2.00 bits per heavy atom. The molecule has 1 aliphatic heterocycles. The molecule has 4 nitrogen and oxygen atoms in total. The van der Waals surface area contributed by atoms with Gasteiger partial charge in [0.05, 0.1) is 5.60 Å². The van der Waals surface area contributed by atoms with Crippen molar-refractivity contribution >= 4 is 6.41 Å². The van der Waals surface area contributed by atoms with Crippen LogP contribution in [0.4, 0.5) is 0 Å². The quantitative estimate of drug-likeness (QED) is 0.634. The lowest BCUT2D eigenvalue weighted by atomic mass is 10.2. The van der Waals surface area contributed by atoms with Crippen LogP contribution < -0.4 is 5.73 Å². The summed E-state index contributed by atoms with van der Waals surface area (Å²) in [5, 5.41) is 0. The van der Waals surface area contributed by atoms with Crippen LogP contribution in [-0.2, 0) is 9.53 Å². The maximum Gasteiger partial charge on any atom is 0.209 e. The summed E-state index contributed by atoms with van der Waals surface area (Å²) in [6.45, 7) is 7.64. The molecular formula is C10H22N2O2. The van der Waals surface area contributed by atoms with Crippen molar-refractivity contribution in [2.45, 2.75) is 38.8 Å². The summed E-state index contributed by atoms with van der Waals surface area (Å²) < 4.78 is 4.94. The number of carbonyl (C=O) groups excluding carboxylic acids is 1. The average Bonchev–Trinajstić information content (AvgIpc) is 2.51. The summed E-state index contributed by atoms with van der Waals surface area (Å²) in [5.41, 5.74) is 5.54. The number of amides is 1. The number of methoxy groups -OCH3 is 1.